The molecule has 1 heterocycles. The normalized spacial score (nSPS) is 14.8. The van der Waals surface area contributed by atoms with Gasteiger partial charge in [-0.3, -0.25) is 4.79 Å². The van der Waals surface area contributed by atoms with E-state index in [1.54, 1.807) is 23.7 Å². The third-order valence-corrected chi connectivity index (χ3v) is 3.63. The smallest absolute Gasteiger partial charge is 0.275 e. The van der Waals surface area contributed by atoms with Crippen LogP contribution in [-0.4, -0.2) is 41.3 Å². The monoisotopic (exact) mass is 301 g/mol. The van der Waals surface area contributed by atoms with E-state index >= 15 is 0 Å². The van der Waals surface area contributed by atoms with Crippen molar-refractivity contribution < 1.29 is 9.53 Å². The summed E-state index contributed by atoms with van der Waals surface area (Å²) in [6, 6.07) is 0. The number of hydrogen-bond acceptors (Lipinski definition) is 3. The number of nitrogens with zero attached hydrogens (tertiary/aromatic N) is 3. The number of aromatic nitrogens is 2. The van der Waals surface area contributed by atoms with Crippen molar-refractivity contribution in [1.29, 1.82) is 0 Å². The summed E-state index contributed by atoms with van der Waals surface area (Å²) in [5.74, 6) is 1.17. The molecule has 0 radical (unpaired) electrons. The molecular weight excluding hydrogens is 286 g/mol. The van der Waals surface area contributed by atoms with E-state index in [0.717, 1.165) is 6.54 Å². The van der Waals surface area contributed by atoms with Gasteiger partial charge in [0.1, 0.15) is 4.47 Å². The van der Waals surface area contributed by atoms with Crippen molar-refractivity contribution in [1.82, 2.24) is 14.7 Å². The lowest BCUT2D eigenvalue weighted by atomic mass is 10.3. The first-order chi connectivity index (χ1) is 8.04. The van der Waals surface area contributed by atoms with Gasteiger partial charge < -0.3 is 9.64 Å². The summed E-state index contributed by atoms with van der Waals surface area (Å²) < 4.78 is 7.34. The Hall–Kier alpha value is -1.04. The highest BCUT2D eigenvalue weighted by molar-refractivity contribution is 9.10. The van der Waals surface area contributed by atoms with E-state index in [9.17, 15) is 4.79 Å². The molecule has 0 N–H and O–H groups in total. The van der Waals surface area contributed by atoms with Crippen LogP contribution in [0.3, 0.4) is 0 Å². The minimum absolute atomic E-state index is 0.0670. The van der Waals surface area contributed by atoms with Crippen LogP contribution < -0.4 is 4.74 Å². The van der Waals surface area contributed by atoms with Crippen LogP contribution in [-0.2, 0) is 7.05 Å². The van der Waals surface area contributed by atoms with Crippen LogP contribution in [0.25, 0.3) is 0 Å². The fourth-order valence-electron chi connectivity index (χ4n) is 1.79. The third-order valence-electron chi connectivity index (χ3n) is 2.91. The molecule has 1 saturated carbocycles. The van der Waals surface area contributed by atoms with E-state index in [1.807, 2.05) is 7.05 Å². The van der Waals surface area contributed by atoms with Crippen molar-refractivity contribution in [3.05, 3.63) is 10.2 Å². The van der Waals surface area contributed by atoms with Crippen LogP contribution in [0.4, 0.5) is 0 Å². The first kappa shape index (κ1) is 12.4. The van der Waals surface area contributed by atoms with Crippen molar-refractivity contribution in [2.45, 2.75) is 12.8 Å². The molecule has 0 aliphatic heterocycles. The quantitative estimate of drug-likeness (QED) is 0.850. The van der Waals surface area contributed by atoms with E-state index in [-0.39, 0.29) is 5.91 Å². The van der Waals surface area contributed by atoms with Gasteiger partial charge in [-0.25, -0.2) is 4.68 Å². The Labute approximate surface area is 109 Å². The number of aryl methyl sites for hydroxylation is 1. The number of amides is 1. The molecule has 1 aromatic heterocycles. The molecule has 1 fully saturated rings. The van der Waals surface area contributed by atoms with Crippen LogP contribution in [0, 0.1) is 5.92 Å². The zero-order chi connectivity index (χ0) is 12.6. The molecule has 1 aliphatic rings. The maximum Gasteiger partial charge on any atom is 0.275 e. The number of methoxy groups -OCH3 is 1. The molecule has 0 saturated heterocycles. The van der Waals surface area contributed by atoms with Gasteiger partial charge in [-0.05, 0) is 34.7 Å². The van der Waals surface area contributed by atoms with E-state index in [4.69, 9.17) is 4.74 Å². The predicted octanol–water partition coefficient (Wildman–Crippen LogP) is 1.67. The number of ether oxygens (including phenoxy) is 1. The van der Waals surface area contributed by atoms with E-state index in [0.29, 0.717) is 22.0 Å². The summed E-state index contributed by atoms with van der Waals surface area (Å²) >= 11 is 3.36. The molecule has 0 bridgehead atoms. The Morgan fingerprint density at radius 2 is 2.29 bits per heavy atom. The van der Waals surface area contributed by atoms with Crippen LogP contribution in [0.5, 0.6) is 5.88 Å². The lowest BCUT2D eigenvalue weighted by Gasteiger charge is -2.15. The highest BCUT2D eigenvalue weighted by Crippen LogP contribution is 2.31. The van der Waals surface area contributed by atoms with Gasteiger partial charge in [0, 0.05) is 20.6 Å². The van der Waals surface area contributed by atoms with Gasteiger partial charge in [-0.1, -0.05) is 0 Å². The van der Waals surface area contributed by atoms with E-state index < -0.39 is 0 Å². The number of hydrogen-bond donors (Lipinski definition) is 0. The van der Waals surface area contributed by atoms with Gasteiger partial charge in [0.15, 0.2) is 5.69 Å². The molecule has 17 heavy (non-hydrogen) atoms. The molecule has 2 rings (SSSR count). The second-order valence-corrected chi connectivity index (χ2v) is 5.22. The first-order valence-electron chi connectivity index (χ1n) is 5.56. The predicted molar refractivity (Wildman–Crippen MR) is 67.1 cm³/mol. The molecule has 0 spiro atoms. The minimum atomic E-state index is -0.0670. The van der Waals surface area contributed by atoms with Gasteiger partial charge >= 0.3 is 0 Å². The van der Waals surface area contributed by atoms with Crippen molar-refractivity contribution >= 4 is 21.8 Å². The largest absolute Gasteiger partial charge is 0.480 e. The van der Waals surface area contributed by atoms with Gasteiger partial charge in [-0.2, -0.15) is 5.10 Å². The zero-order valence-electron chi connectivity index (χ0n) is 10.2. The Balaban J connectivity index is 2.17. The minimum Gasteiger partial charge on any atom is -0.480 e. The summed E-state index contributed by atoms with van der Waals surface area (Å²) in [7, 11) is 5.12. The average molecular weight is 302 g/mol. The summed E-state index contributed by atoms with van der Waals surface area (Å²) in [5, 5.41) is 4.18. The highest BCUT2D eigenvalue weighted by atomic mass is 79.9. The van der Waals surface area contributed by atoms with Crippen molar-refractivity contribution in [2.24, 2.45) is 13.0 Å². The van der Waals surface area contributed by atoms with Crippen LogP contribution in [0.2, 0.25) is 0 Å². The topological polar surface area (TPSA) is 47.4 Å². The standard InChI is InChI=1S/C11H16BrN3O2/c1-14(6-7-4-5-7)10(16)9-8(12)11(17-3)15(2)13-9/h7H,4-6H2,1-3H3. The van der Waals surface area contributed by atoms with Crippen LogP contribution in [0.15, 0.2) is 4.47 Å². The molecule has 5 nitrogen and oxygen atoms in total. The lowest BCUT2D eigenvalue weighted by molar-refractivity contribution is 0.0781. The van der Waals surface area contributed by atoms with Gasteiger partial charge in [-0.15, -0.1) is 0 Å². The Kier molecular flexibility index (Phi) is 3.42. The van der Waals surface area contributed by atoms with Crippen LogP contribution in [0.1, 0.15) is 23.3 Å². The summed E-state index contributed by atoms with van der Waals surface area (Å²) in [4.78, 5) is 13.9. The van der Waals surface area contributed by atoms with Gasteiger partial charge in [0.05, 0.1) is 7.11 Å². The Morgan fingerprint density at radius 3 is 2.76 bits per heavy atom. The summed E-state index contributed by atoms with van der Waals surface area (Å²) in [6.45, 7) is 0.810. The van der Waals surface area contributed by atoms with Crippen molar-refractivity contribution in [2.75, 3.05) is 20.7 Å². The molecule has 94 valence electrons. The first-order valence-corrected chi connectivity index (χ1v) is 6.35. The second-order valence-electron chi connectivity index (χ2n) is 4.42. The number of rotatable bonds is 4. The highest BCUT2D eigenvalue weighted by Gasteiger charge is 2.28. The maximum absolute atomic E-state index is 12.2. The van der Waals surface area contributed by atoms with E-state index in [2.05, 4.69) is 21.0 Å². The fraction of sp³-hybridized carbons (Fsp3) is 0.636. The molecular formula is C11H16BrN3O2. The molecule has 1 aliphatic carbocycles. The van der Waals surface area contributed by atoms with Crippen molar-refractivity contribution in [3.8, 4) is 5.88 Å². The molecule has 1 aromatic rings. The molecule has 6 heteroatoms. The second kappa shape index (κ2) is 4.68. The number of carbonyl (C=O) groups excluding carboxylic acids is 1. The molecule has 0 unspecified atom stereocenters. The maximum atomic E-state index is 12.2. The molecule has 0 aromatic carbocycles. The number of carbonyl (C=O) groups is 1. The Morgan fingerprint density at radius 1 is 1.65 bits per heavy atom. The third kappa shape index (κ3) is 2.46. The van der Waals surface area contributed by atoms with Crippen molar-refractivity contribution in [3.63, 3.8) is 0 Å². The zero-order valence-corrected chi connectivity index (χ0v) is 11.8. The van der Waals surface area contributed by atoms with Crippen LogP contribution >= 0.6 is 15.9 Å². The van der Waals surface area contributed by atoms with E-state index in [1.165, 1.54) is 12.8 Å². The fourth-order valence-corrected chi connectivity index (χ4v) is 2.46. The van der Waals surface area contributed by atoms with Gasteiger partial charge in [0.2, 0.25) is 5.88 Å². The number of halogens is 1. The average Bonchev–Trinajstić information content (AvgIpc) is 3.04. The summed E-state index contributed by atoms with van der Waals surface area (Å²) in [5.41, 5.74) is 0.410. The van der Waals surface area contributed by atoms with Gasteiger partial charge in [0.25, 0.3) is 5.91 Å². The lowest BCUT2D eigenvalue weighted by Crippen LogP contribution is -2.29. The molecule has 0 atom stereocenters. The molecule has 1 amide bonds. The Bertz CT molecular complexity index is 440. The summed E-state index contributed by atoms with van der Waals surface area (Å²) in [6.07, 6.45) is 2.45. The SMILES string of the molecule is COc1c(Br)c(C(=O)N(C)CC2CC2)nn1C.